The molecule has 2 heteroatoms. The summed E-state index contributed by atoms with van der Waals surface area (Å²) in [7, 11) is 0. The number of nitrogens with one attached hydrogen (secondary N) is 1. The Kier molecular flexibility index (Phi) is 5.77. The van der Waals surface area contributed by atoms with Crippen LogP contribution in [-0.4, -0.2) is 24.3 Å². The molecule has 2 N–H and O–H groups in total. The van der Waals surface area contributed by atoms with E-state index in [4.69, 9.17) is 5.11 Å². The molecule has 0 bridgehead atoms. The van der Waals surface area contributed by atoms with Crippen LogP contribution in [0.5, 0.6) is 0 Å². The van der Waals surface area contributed by atoms with Crippen LogP contribution in [0.2, 0.25) is 0 Å². The van der Waals surface area contributed by atoms with E-state index >= 15 is 0 Å². The minimum atomic E-state index is 0.227. The SMILES string of the molecule is CCC1CCCCC1NCC(C)(C)CCO. The summed E-state index contributed by atoms with van der Waals surface area (Å²) in [6.45, 7) is 8.12. The molecule has 0 aliphatic heterocycles. The van der Waals surface area contributed by atoms with Gasteiger partial charge < -0.3 is 10.4 Å². The zero-order valence-corrected chi connectivity index (χ0v) is 11.3. The van der Waals surface area contributed by atoms with Gasteiger partial charge in [0.1, 0.15) is 0 Å². The fraction of sp³-hybridized carbons (Fsp3) is 1.00. The molecule has 0 spiro atoms. The van der Waals surface area contributed by atoms with E-state index in [-0.39, 0.29) is 5.41 Å². The van der Waals surface area contributed by atoms with E-state index in [0.717, 1.165) is 24.9 Å². The molecule has 0 saturated heterocycles. The van der Waals surface area contributed by atoms with E-state index in [1.54, 1.807) is 0 Å². The minimum absolute atomic E-state index is 0.227. The molecule has 96 valence electrons. The molecule has 0 aromatic rings. The summed E-state index contributed by atoms with van der Waals surface area (Å²) >= 11 is 0. The summed E-state index contributed by atoms with van der Waals surface area (Å²) in [6.07, 6.45) is 7.73. The Morgan fingerprint density at radius 2 is 1.94 bits per heavy atom. The third-order valence-corrected chi connectivity index (χ3v) is 4.06. The van der Waals surface area contributed by atoms with Crippen LogP contribution in [0.3, 0.4) is 0 Å². The van der Waals surface area contributed by atoms with E-state index in [9.17, 15) is 0 Å². The molecule has 0 heterocycles. The highest BCUT2D eigenvalue weighted by molar-refractivity contribution is 4.82. The molecule has 0 radical (unpaired) electrons. The van der Waals surface area contributed by atoms with E-state index < -0.39 is 0 Å². The van der Waals surface area contributed by atoms with Crippen molar-refractivity contribution in [2.24, 2.45) is 11.3 Å². The molecule has 1 fully saturated rings. The molecule has 0 aromatic heterocycles. The Bertz CT molecular complexity index is 191. The predicted molar refractivity (Wildman–Crippen MR) is 69.5 cm³/mol. The number of rotatable bonds is 6. The second kappa shape index (κ2) is 6.61. The van der Waals surface area contributed by atoms with Gasteiger partial charge in [-0.05, 0) is 30.6 Å². The molecule has 1 aliphatic rings. The van der Waals surface area contributed by atoms with Crippen LogP contribution < -0.4 is 5.32 Å². The Labute approximate surface area is 101 Å². The summed E-state index contributed by atoms with van der Waals surface area (Å²) in [5, 5.41) is 12.7. The van der Waals surface area contributed by atoms with Crippen LogP contribution in [0.4, 0.5) is 0 Å². The third kappa shape index (κ3) is 4.42. The van der Waals surface area contributed by atoms with Crippen molar-refractivity contribution in [3.05, 3.63) is 0 Å². The van der Waals surface area contributed by atoms with Crippen LogP contribution in [0, 0.1) is 11.3 Å². The largest absolute Gasteiger partial charge is 0.396 e. The summed E-state index contributed by atoms with van der Waals surface area (Å²) in [6, 6.07) is 0.719. The normalized spacial score (nSPS) is 27.0. The molecule has 2 nitrogen and oxygen atoms in total. The molecule has 0 aromatic carbocycles. The molecule has 0 amide bonds. The van der Waals surface area contributed by atoms with Gasteiger partial charge in [-0.25, -0.2) is 0 Å². The van der Waals surface area contributed by atoms with Gasteiger partial charge in [0.2, 0.25) is 0 Å². The number of hydrogen-bond acceptors (Lipinski definition) is 2. The van der Waals surface area contributed by atoms with Gasteiger partial charge in [0.05, 0.1) is 0 Å². The topological polar surface area (TPSA) is 32.3 Å². The van der Waals surface area contributed by atoms with Crippen molar-refractivity contribution in [2.45, 2.75) is 65.3 Å². The summed E-state index contributed by atoms with van der Waals surface area (Å²) in [4.78, 5) is 0. The van der Waals surface area contributed by atoms with Crippen molar-refractivity contribution >= 4 is 0 Å². The fourth-order valence-corrected chi connectivity index (χ4v) is 2.76. The van der Waals surface area contributed by atoms with E-state index in [1.165, 1.54) is 32.1 Å². The third-order valence-electron chi connectivity index (χ3n) is 4.06. The lowest BCUT2D eigenvalue weighted by atomic mass is 9.81. The highest BCUT2D eigenvalue weighted by atomic mass is 16.3. The lowest BCUT2D eigenvalue weighted by molar-refractivity contribution is 0.182. The van der Waals surface area contributed by atoms with Crippen molar-refractivity contribution in [1.82, 2.24) is 5.32 Å². The number of aliphatic hydroxyl groups excluding tert-OH is 1. The second-order valence-corrected chi connectivity index (χ2v) is 6.08. The smallest absolute Gasteiger partial charge is 0.0436 e. The molecule has 2 atom stereocenters. The van der Waals surface area contributed by atoms with Gasteiger partial charge >= 0.3 is 0 Å². The highest BCUT2D eigenvalue weighted by Gasteiger charge is 2.25. The van der Waals surface area contributed by atoms with Crippen molar-refractivity contribution in [1.29, 1.82) is 0 Å². The summed E-state index contributed by atoms with van der Waals surface area (Å²) in [5.41, 5.74) is 0.227. The Hall–Kier alpha value is -0.0800. The maximum atomic E-state index is 9.01. The van der Waals surface area contributed by atoms with Crippen LogP contribution in [-0.2, 0) is 0 Å². The Balaban J connectivity index is 2.34. The number of aliphatic hydroxyl groups is 1. The lowest BCUT2D eigenvalue weighted by Gasteiger charge is -2.35. The van der Waals surface area contributed by atoms with Crippen LogP contribution in [0.15, 0.2) is 0 Å². The molecule has 16 heavy (non-hydrogen) atoms. The maximum Gasteiger partial charge on any atom is 0.0436 e. The van der Waals surface area contributed by atoms with Crippen molar-refractivity contribution < 1.29 is 5.11 Å². The van der Waals surface area contributed by atoms with E-state index in [0.29, 0.717) is 6.61 Å². The predicted octanol–water partition coefficient (Wildman–Crippen LogP) is 2.95. The average Bonchev–Trinajstić information content (AvgIpc) is 2.27. The average molecular weight is 227 g/mol. The van der Waals surface area contributed by atoms with Gasteiger partial charge in [-0.2, -0.15) is 0 Å². The fourth-order valence-electron chi connectivity index (χ4n) is 2.76. The maximum absolute atomic E-state index is 9.01. The molecular formula is C14H29NO. The van der Waals surface area contributed by atoms with Crippen molar-refractivity contribution in [3.8, 4) is 0 Å². The van der Waals surface area contributed by atoms with Crippen LogP contribution in [0.1, 0.15) is 59.3 Å². The van der Waals surface area contributed by atoms with E-state index in [1.807, 2.05) is 0 Å². The van der Waals surface area contributed by atoms with Gasteiger partial charge in [0.15, 0.2) is 0 Å². The summed E-state index contributed by atoms with van der Waals surface area (Å²) < 4.78 is 0. The first-order valence-corrected chi connectivity index (χ1v) is 6.93. The van der Waals surface area contributed by atoms with Gasteiger partial charge in [0, 0.05) is 19.2 Å². The Morgan fingerprint density at radius 3 is 2.56 bits per heavy atom. The van der Waals surface area contributed by atoms with Gasteiger partial charge in [-0.1, -0.05) is 40.0 Å². The molecule has 2 unspecified atom stereocenters. The minimum Gasteiger partial charge on any atom is -0.396 e. The first-order valence-electron chi connectivity index (χ1n) is 6.93. The molecule has 1 rings (SSSR count). The van der Waals surface area contributed by atoms with Crippen molar-refractivity contribution in [2.75, 3.05) is 13.2 Å². The standard InChI is InChI=1S/C14H29NO/c1-4-12-7-5-6-8-13(12)15-11-14(2,3)9-10-16/h12-13,15-16H,4-11H2,1-3H3. The van der Waals surface area contributed by atoms with E-state index in [2.05, 4.69) is 26.1 Å². The first kappa shape index (κ1) is 14.0. The van der Waals surface area contributed by atoms with Crippen LogP contribution in [0.25, 0.3) is 0 Å². The zero-order valence-electron chi connectivity index (χ0n) is 11.3. The quantitative estimate of drug-likeness (QED) is 0.731. The zero-order chi connectivity index (χ0) is 12.0. The van der Waals surface area contributed by atoms with Gasteiger partial charge in [0.25, 0.3) is 0 Å². The Morgan fingerprint density at radius 1 is 1.25 bits per heavy atom. The molecule has 1 saturated carbocycles. The lowest BCUT2D eigenvalue weighted by Crippen LogP contribution is -2.43. The highest BCUT2D eigenvalue weighted by Crippen LogP contribution is 2.28. The molecule has 1 aliphatic carbocycles. The second-order valence-electron chi connectivity index (χ2n) is 6.08. The van der Waals surface area contributed by atoms with Gasteiger partial charge in [-0.15, -0.1) is 0 Å². The monoisotopic (exact) mass is 227 g/mol. The summed E-state index contributed by atoms with van der Waals surface area (Å²) in [5.74, 6) is 0.874. The molecular weight excluding hydrogens is 198 g/mol. The van der Waals surface area contributed by atoms with Crippen LogP contribution >= 0.6 is 0 Å². The van der Waals surface area contributed by atoms with Gasteiger partial charge in [-0.3, -0.25) is 0 Å². The first-order chi connectivity index (χ1) is 7.59. The number of hydrogen-bond donors (Lipinski definition) is 2. The van der Waals surface area contributed by atoms with Crippen molar-refractivity contribution in [3.63, 3.8) is 0 Å².